The Morgan fingerprint density at radius 3 is 2.55 bits per heavy atom. The van der Waals surface area contributed by atoms with Gasteiger partial charge in [-0.2, -0.15) is 5.26 Å². The van der Waals surface area contributed by atoms with Crippen LogP contribution >= 0.6 is 12.2 Å². The molecule has 0 unspecified atom stereocenters. The number of aromatic nitrogens is 1. The van der Waals surface area contributed by atoms with Crippen molar-refractivity contribution in [3.63, 3.8) is 0 Å². The molecule has 3 aromatic rings. The molecule has 1 heterocycles. The third-order valence-corrected chi connectivity index (χ3v) is 5.17. The van der Waals surface area contributed by atoms with Gasteiger partial charge in [0.2, 0.25) is 0 Å². The summed E-state index contributed by atoms with van der Waals surface area (Å²) in [5, 5.41) is 20.7. The zero-order valence-corrected chi connectivity index (χ0v) is 17.6. The predicted molar refractivity (Wildman–Crippen MR) is 123 cm³/mol. The van der Waals surface area contributed by atoms with Crippen LogP contribution in [0.1, 0.15) is 22.3 Å². The second-order valence-corrected chi connectivity index (χ2v) is 7.33. The standard InChI is InChI=1S/C23H25N5S/c1-16-8-9-19-14-20(15-24)22(28-21(19)17(16)2)25-12-13-27-23(29)26-11-10-18-6-4-3-5-7-18/h3-9,14H,10-13H2,1-2H3,(H,25,28)(H2,26,27,29). The van der Waals surface area contributed by atoms with Gasteiger partial charge < -0.3 is 16.0 Å². The zero-order chi connectivity index (χ0) is 20.6. The lowest BCUT2D eigenvalue weighted by molar-refractivity contribution is 0.816. The minimum Gasteiger partial charge on any atom is -0.367 e. The zero-order valence-electron chi connectivity index (χ0n) is 16.7. The Balaban J connectivity index is 1.49. The van der Waals surface area contributed by atoms with Crippen LogP contribution < -0.4 is 16.0 Å². The molecule has 0 bridgehead atoms. The molecule has 0 saturated carbocycles. The summed E-state index contributed by atoms with van der Waals surface area (Å²) in [5.41, 5.74) is 5.08. The molecule has 29 heavy (non-hydrogen) atoms. The Labute approximate surface area is 177 Å². The van der Waals surface area contributed by atoms with Crippen LogP contribution in [0.2, 0.25) is 0 Å². The summed E-state index contributed by atoms with van der Waals surface area (Å²) >= 11 is 5.32. The molecular weight excluding hydrogens is 378 g/mol. The van der Waals surface area contributed by atoms with Crippen molar-refractivity contribution in [3.8, 4) is 6.07 Å². The van der Waals surface area contributed by atoms with Gasteiger partial charge in [-0.15, -0.1) is 0 Å². The maximum absolute atomic E-state index is 9.46. The van der Waals surface area contributed by atoms with Crippen LogP contribution in [0.15, 0.2) is 48.5 Å². The number of anilines is 1. The maximum atomic E-state index is 9.46. The first-order valence-electron chi connectivity index (χ1n) is 9.69. The fourth-order valence-corrected chi connectivity index (χ4v) is 3.29. The number of nitrogens with one attached hydrogen (secondary N) is 3. The summed E-state index contributed by atoms with van der Waals surface area (Å²) in [6.45, 7) is 6.15. The van der Waals surface area contributed by atoms with Crippen molar-refractivity contribution in [2.45, 2.75) is 20.3 Å². The average molecular weight is 404 g/mol. The maximum Gasteiger partial charge on any atom is 0.166 e. The van der Waals surface area contributed by atoms with E-state index in [2.05, 4.69) is 54.1 Å². The Morgan fingerprint density at radius 1 is 1.03 bits per heavy atom. The average Bonchev–Trinajstić information content (AvgIpc) is 2.74. The van der Waals surface area contributed by atoms with Crippen LogP contribution in [0.25, 0.3) is 10.9 Å². The largest absolute Gasteiger partial charge is 0.367 e. The molecule has 0 radical (unpaired) electrons. The van der Waals surface area contributed by atoms with Crippen LogP contribution in [0.3, 0.4) is 0 Å². The summed E-state index contributed by atoms with van der Waals surface area (Å²) in [7, 11) is 0. The quantitative estimate of drug-likeness (QED) is 0.411. The first-order valence-corrected chi connectivity index (χ1v) is 10.1. The van der Waals surface area contributed by atoms with Gasteiger partial charge in [-0.1, -0.05) is 42.5 Å². The second kappa shape index (κ2) is 9.85. The normalized spacial score (nSPS) is 10.4. The van der Waals surface area contributed by atoms with Crippen LogP contribution in [-0.4, -0.2) is 29.7 Å². The lowest BCUT2D eigenvalue weighted by Crippen LogP contribution is -2.38. The van der Waals surface area contributed by atoms with E-state index in [0.717, 1.165) is 29.4 Å². The summed E-state index contributed by atoms with van der Waals surface area (Å²) in [4.78, 5) is 4.70. The topological polar surface area (TPSA) is 72.8 Å². The van der Waals surface area contributed by atoms with E-state index in [0.29, 0.717) is 29.6 Å². The van der Waals surface area contributed by atoms with Crippen molar-refractivity contribution >= 4 is 34.1 Å². The van der Waals surface area contributed by atoms with Gasteiger partial charge in [-0.05, 0) is 55.2 Å². The predicted octanol–water partition coefficient (Wildman–Crippen LogP) is 3.84. The highest BCUT2D eigenvalue weighted by atomic mass is 32.1. The van der Waals surface area contributed by atoms with Crippen molar-refractivity contribution in [1.29, 1.82) is 5.26 Å². The molecule has 0 fully saturated rings. The van der Waals surface area contributed by atoms with E-state index in [1.54, 1.807) is 0 Å². The van der Waals surface area contributed by atoms with Crippen molar-refractivity contribution in [1.82, 2.24) is 15.6 Å². The Bertz CT molecular complexity index is 1040. The van der Waals surface area contributed by atoms with Gasteiger partial charge >= 0.3 is 0 Å². The van der Waals surface area contributed by atoms with E-state index in [1.165, 1.54) is 11.1 Å². The van der Waals surface area contributed by atoms with E-state index in [-0.39, 0.29) is 0 Å². The van der Waals surface area contributed by atoms with Gasteiger partial charge in [0.1, 0.15) is 11.9 Å². The van der Waals surface area contributed by atoms with Crippen LogP contribution in [0, 0.1) is 25.2 Å². The minimum absolute atomic E-state index is 0.546. The van der Waals surface area contributed by atoms with E-state index in [4.69, 9.17) is 17.2 Å². The number of thiocarbonyl (C=S) groups is 1. The Kier molecular flexibility index (Phi) is 6.99. The Morgan fingerprint density at radius 2 is 1.79 bits per heavy atom. The van der Waals surface area contributed by atoms with Gasteiger partial charge in [0.15, 0.2) is 5.11 Å². The third-order valence-electron chi connectivity index (χ3n) is 4.88. The van der Waals surface area contributed by atoms with E-state index in [1.807, 2.05) is 30.3 Å². The highest BCUT2D eigenvalue weighted by Gasteiger charge is 2.09. The molecular formula is C23H25N5S. The molecule has 0 atom stereocenters. The third kappa shape index (κ3) is 5.43. The smallest absolute Gasteiger partial charge is 0.166 e. The molecule has 0 aliphatic heterocycles. The lowest BCUT2D eigenvalue weighted by atomic mass is 10.0. The van der Waals surface area contributed by atoms with Crippen molar-refractivity contribution < 1.29 is 0 Å². The van der Waals surface area contributed by atoms with E-state index in [9.17, 15) is 5.26 Å². The molecule has 0 saturated heterocycles. The van der Waals surface area contributed by atoms with Crippen LogP contribution in [0.5, 0.6) is 0 Å². The molecule has 0 amide bonds. The Hall–Kier alpha value is -3.17. The molecule has 6 heteroatoms. The molecule has 0 spiro atoms. The molecule has 3 rings (SSSR count). The number of hydrogen-bond acceptors (Lipinski definition) is 4. The number of fused-ring (bicyclic) bond motifs is 1. The number of pyridine rings is 1. The van der Waals surface area contributed by atoms with Gasteiger partial charge in [-0.25, -0.2) is 4.98 Å². The van der Waals surface area contributed by atoms with Gasteiger partial charge in [0.05, 0.1) is 11.1 Å². The molecule has 3 N–H and O–H groups in total. The fourth-order valence-electron chi connectivity index (χ4n) is 3.09. The summed E-state index contributed by atoms with van der Waals surface area (Å²) < 4.78 is 0. The highest BCUT2D eigenvalue weighted by molar-refractivity contribution is 7.80. The minimum atomic E-state index is 0.546. The molecule has 0 aliphatic rings. The van der Waals surface area contributed by atoms with Crippen LogP contribution in [0.4, 0.5) is 5.82 Å². The fraction of sp³-hybridized carbons (Fsp3) is 0.261. The van der Waals surface area contributed by atoms with Crippen LogP contribution in [-0.2, 0) is 6.42 Å². The molecule has 2 aromatic carbocycles. The number of benzene rings is 2. The monoisotopic (exact) mass is 403 g/mol. The molecule has 0 aliphatic carbocycles. The number of hydrogen-bond donors (Lipinski definition) is 3. The van der Waals surface area contributed by atoms with Gasteiger partial charge in [0.25, 0.3) is 0 Å². The number of aryl methyl sites for hydroxylation is 2. The highest BCUT2D eigenvalue weighted by Crippen LogP contribution is 2.24. The molecule has 1 aromatic heterocycles. The molecule has 148 valence electrons. The van der Waals surface area contributed by atoms with Gasteiger partial charge in [0, 0.05) is 25.0 Å². The second-order valence-electron chi connectivity index (χ2n) is 6.92. The van der Waals surface area contributed by atoms with Crippen molar-refractivity contribution in [2.24, 2.45) is 0 Å². The lowest BCUT2D eigenvalue weighted by Gasteiger charge is -2.13. The SMILES string of the molecule is Cc1ccc2cc(C#N)c(NCCNC(=S)NCCc3ccccc3)nc2c1C. The van der Waals surface area contributed by atoms with E-state index >= 15 is 0 Å². The van der Waals surface area contributed by atoms with Crippen molar-refractivity contribution in [2.75, 3.05) is 25.0 Å². The summed E-state index contributed by atoms with van der Waals surface area (Å²) in [5.74, 6) is 0.610. The van der Waals surface area contributed by atoms with E-state index < -0.39 is 0 Å². The summed E-state index contributed by atoms with van der Waals surface area (Å²) in [6.07, 6.45) is 0.923. The van der Waals surface area contributed by atoms with Gasteiger partial charge in [-0.3, -0.25) is 0 Å². The first kappa shape index (κ1) is 20.6. The number of rotatable bonds is 7. The number of nitrogens with zero attached hydrogens (tertiary/aromatic N) is 2. The first-order chi connectivity index (χ1) is 14.1. The molecule has 5 nitrogen and oxygen atoms in total. The van der Waals surface area contributed by atoms with Crippen molar-refractivity contribution in [3.05, 3.63) is 70.8 Å². The number of nitriles is 1. The summed E-state index contributed by atoms with van der Waals surface area (Å²) in [6, 6.07) is 18.5.